The van der Waals surface area contributed by atoms with E-state index >= 15 is 0 Å². The van der Waals surface area contributed by atoms with Gasteiger partial charge in [-0.1, -0.05) is 11.6 Å². The van der Waals surface area contributed by atoms with Gasteiger partial charge in [0.05, 0.1) is 16.2 Å². The highest BCUT2D eigenvalue weighted by Gasteiger charge is 2.38. The molecule has 0 aromatic heterocycles. The van der Waals surface area contributed by atoms with E-state index in [4.69, 9.17) is 16.3 Å². The van der Waals surface area contributed by atoms with Crippen molar-refractivity contribution in [3.05, 3.63) is 28.8 Å². The van der Waals surface area contributed by atoms with Gasteiger partial charge in [-0.05, 0) is 52.8 Å². The van der Waals surface area contributed by atoms with Crippen molar-refractivity contribution in [1.29, 1.82) is 0 Å². The van der Waals surface area contributed by atoms with E-state index in [0.29, 0.717) is 10.6 Å². The summed E-state index contributed by atoms with van der Waals surface area (Å²) < 4.78 is 6.08. The monoisotopic (exact) mass is 295 g/mol. The van der Waals surface area contributed by atoms with Gasteiger partial charge in [0.1, 0.15) is 0 Å². The number of carbonyl (C=O) groups excluding carboxylic acids is 1. The Morgan fingerprint density at radius 1 is 1.20 bits per heavy atom. The second-order valence-electron chi connectivity index (χ2n) is 6.70. The van der Waals surface area contributed by atoms with Crippen molar-refractivity contribution in [2.45, 2.75) is 45.8 Å². The first-order chi connectivity index (χ1) is 9.10. The number of Topliss-reactive ketones (excluding diaryl/α,β-unsaturated/α-hetero) is 1. The minimum Gasteiger partial charge on any atom is -0.366 e. The molecule has 0 spiro atoms. The molecule has 1 saturated heterocycles. The second-order valence-corrected chi connectivity index (χ2v) is 7.11. The Kier molecular flexibility index (Phi) is 3.87. The Bertz CT molecular complexity index is 521. The number of benzene rings is 1. The number of carbonyl (C=O) groups is 1. The molecule has 110 valence electrons. The number of hydrogen-bond donors (Lipinski definition) is 0. The molecule has 0 bridgehead atoms. The summed E-state index contributed by atoms with van der Waals surface area (Å²) in [5, 5.41) is 0.511. The molecule has 1 aromatic carbocycles. The molecule has 4 heteroatoms. The molecule has 0 atom stereocenters. The summed E-state index contributed by atoms with van der Waals surface area (Å²) in [6.07, 6.45) is 0. The molecule has 2 rings (SSSR count). The molecule has 20 heavy (non-hydrogen) atoms. The van der Waals surface area contributed by atoms with E-state index in [0.717, 1.165) is 18.8 Å². The average molecular weight is 296 g/mol. The maximum absolute atomic E-state index is 11.4. The lowest BCUT2D eigenvalue weighted by atomic mass is 9.98. The fraction of sp³-hybridized carbons (Fsp3) is 0.562. The molecule has 0 aliphatic carbocycles. The van der Waals surface area contributed by atoms with Crippen LogP contribution in [-0.4, -0.2) is 30.1 Å². The first kappa shape index (κ1) is 15.3. The van der Waals surface area contributed by atoms with Crippen LogP contribution >= 0.6 is 11.6 Å². The van der Waals surface area contributed by atoms with Crippen molar-refractivity contribution in [3.63, 3.8) is 0 Å². The average Bonchev–Trinajstić information content (AvgIpc) is 2.23. The third-order valence-corrected chi connectivity index (χ3v) is 3.71. The van der Waals surface area contributed by atoms with E-state index in [-0.39, 0.29) is 17.0 Å². The van der Waals surface area contributed by atoms with Crippen molar-refractivity contribution in [2.75, 3.05) is 18.0 Å². The quantitative estimate of drug-likeness (QED) is 0.774. The largest absolute Gasteiger partial charge is 0.366 e. The summed E-state index contributed by atoms with van der Waals surface area (Å²) in [5.74, 6) is -0.0100. The van der Waals surface area contributed by atoms with Crippen molar-refractivity contribution < 1.29 is 9.53 Å². The third kappa shape index (κ3) is 3.33. The number of morpholine rings is 1. The predicted octanol–water partition coefficient (Wildman–Crippen LogP) is 3.94. The molecule has 0 saturated carbocycles. The lowest BCUT2D eigenvalue weighted by Gasteiger charge is -2.48. The number of rotatable bonds is 2. The summed E-state index contributed by atoms with van der Waals surface area (Å²) in [7, 11) is 0. The zero-order valence-corrected chi connectivity index (χ0v) is 13.5. The van der Waals surface area contributed by atoms with Crippen LogP contribution in [0, 0.1) is 0 Å². The van der Waals surface area contributed by atoms with Gasteiger partial charge in [-0.3, -0.25) is 4.79 Å². The molecule has 1 heterocycles. The number of hydrogen-bond acceptors (Lipinski definition) is 3. The van der Waals surface area contributed by atoms with Gasteiger partial charge in [0.25, 0.3) is 0 Å². The first-order valence-corrected chi connectivity index (χ1v) is 7.23. The normalized spacial score (nSPS) is 20.8. The van der Waals surface area contributed by atoms with Gasteiger partial charge in [-0.2, -0.15) is 0 Å². The molecule has 1 aliphatic rings. The number of ether oxygens (including phenoxy) is 1. The molecule has 1 aliphatic heterocycles. The van der Waals surface area contributed by atoms with Crippen LogP contribution in [0.5, 0.6) is 0 Å². The predicted molar refractivity (Wildman–Crippen MR) is 82.9 cm³/mol. The standard InChI is InChI=1S/C16H22ClNO2/c1-11(19)13-7-6-12(8-14(13)17)18-9-15(2,3)20-16(4,5)10-18/h6-8H,9-10H2,1-5H3. The van der Waals surface area contributed by atoms with E-state index in [1.54, 1.807) is 6.07 Å². The lowest BCUT2D eigenvalue weighted by molar-refractivity contribution is -0.133. The number of nitrogens with zero attached hydrogens (tertiary/aromatic N) is 1. The molecule has 1 fully saturated rings. The fourth-order valence-corrected chi connectivity index (χ4v) is 3.26. The zero-order chi connectivity index (χ0) is 15.1. The highest BCUT2D eigenvalue weighted by atomic mass is 35.5. The smallest absolute Gasteiger partial charge is 0.161 e. The highest BCUT2D eigenvalue weighted by Crippen LogP contribution is 2.33. The van der Waals surface area contributed by atoms with Gasteiger partial charge in [-0.25, -0.2) is 0 Å². The van der Waals surface area contributed by atoms with E-state index < -0.39 is 0 Å². The van der Waals surface area contributed by atoms with Gasteiger partial charge in [0, 0.05) is 24.3 Å². The van der Waals surface area contributed by atoms with Crippen LogP contribution in [0.15, 0.2) is 18.2 Å². The van der Waals surface area contributed by atoms with Crippen LogP contribution < -0.4 is 4.90 Å². The van der Waals surface area contributed by atoms with Gasteiger partial charge in [0.15, 0.2) is 5.78 Å². The maximum atomic E-state index is 11.4. The summed E-state index contributed by atoms with van der Waals surface area (Å²) in [6, 6.07) is 5.63. The number of ketones is 1. The number of halogens is 1. The Balaban J connectivity index is 2.32. The number of anilines is 1. The van der Waals surface area contributed by atoms with Crippen LogP contribution in [0.1, 0.15) is 45.0 Å². The van der Waals surface area contributed by atoms with Crippen molar-refractivity contribution in [3.8, 4) is 0 Å². The lowest BCUT2D eigenvalue weighted by Crippen LogP contribution is -2.57. The molecule has 0 radical (unpaired) electrons. The summed E-state index contributed by atoms with van der Waals surface area (Å²) in [5.41, 5.74) is 1.17. The summed E-state index contributed by atoms with van der Waals surface area (Å²) >= 11 is 6.21. The van der Waals surface area contributed by atoms with Crippen molar-refractivity contribution in [1.82, 2.24) is 0 Å². The Hall–Kier alpha value is -1.06. The van der Waals surface area contributed by atoms with Crippen molar-refractivity contribution in [2.24, 2.45) is 0 Å². The van der Waals surface area contributed by atoms with E-state index in [1.165, 1.54) is 6.92 Å². The Morgan fingerprint density at radius 2 is 1.75 bits per heavy atom. The fourth-order valence-electron chi connectivity index (χ4n) is 2.96. The molecule has 0 amide bonds. The SMILES string of the molecule is CC(=O)c1ccc(N2CC(C)(C)OC(C)(C)C2)cc1Cl. The summed E-state index contributed by atoms with van der Waals surface area (Å²) in [6.45, 7) is 11.5. The molecule has 3 nitrogen and oxygen atoms in total. The van der Waals surface area contributed by atoms with Crippen LogP contribution in [0.2, 0.25) is 5.02 Å². The highest BCUT2D eigenvalue weighted by molar-refractivity contribution is 6.34. The molecular weight excluding hydrogens is 274 g/mol. The van der Waals surface area contributed by atoms with Crippen LogP contribution in [0.3, 0.4) is 0 Å². The maximum Gasteiger partial charge on any atom is 0.161 e. The zero-order valence-electron chi connectivity index (χ0n) is 12.8. The van der Waals surface area contributed by atoms with Gasteiger partial charge in [0.2, 0.25) is 0 Å². The second kappa shape index (κ2) is 5.05. The van der Waals surface area contributed by atoms with Gasteiger partial charge in [-0.15, -0.1) is 0 Å². The minimum atomic E-state index is -0.215. The molecular formula is C16H22ClNO2. The van der Waals surface area contributed by atoms with Crippen LogP contribution in [-0.2, 0) is 4.74 Å². The molecule has 1 aromatic rings. The van der Waals surface area contributed by atoms with Gasteiger partial charge >= 0.3 is 0 Å². The molecule has 0 unspecified atom stereocenters. The van der Waals surface area contributed by atoms with E-state index in [9.17, 15) is 4.79 Å². The van der Waals surface area contributed by atoms with Crippen LogP contribution in [0.25, 0.3) is 0 Å². The van der Waals surface area contributed by atoms with E-state index in [1.807, 2.05) is 12.1 Å². The third-order valence-electron chi connectivity index (χ3n) is 3.39. The van der Waals surface area contributed by atoms with Gasteiger partial charge < -0.3 is 9.64 Å². The van der Waals surface area contributed by atoms with E-state index in [2.05, 4.69) is 32.6 Å². The first-order valence-electron chi connectivity index (χ1n) is 6.85. The molecule has 0 N–H and O–H groups in total. The summed E-state index contributed by atoms with van der Waals surface area (Å²) in [4.78, 5) is 13.7. The van der Waals surface area contributed by atoms with Crippen molar-refractivity contribution >= 4 is 23.1 Å². The minimum absolute atomic E-state index is 0.0100. The Labute approximate surface area is 125 Å². The van der Waals surface area contributed by atoms with Crippen LogP contribution in [0.4, 0.5) is 5.69 Å². The Morgan fingerprint density at radius 3 is 2.20 bits per heavy atom. The topological polar surface area (TPSA) is 29.5 Å².